The zero-order valence-corrected chi connectivity index (χ0v) is 25.8. The number of alkyl halides is 6. The van der Waals surface area contributed by atoms with Crippen LogP contribution >= 0.6 is 22.7 Å². The van der Waals surface area contributed by atoms with Gasteiger partial charge in [-0.2, -0.15) is 26.3 Å². The summed E-state index contributed by atoms with van der Waals surface area (Å²) in [7, 11) is 0. The van der Waals surface area contributed by atoms with Crippen LogP contribution in [-0.4, -0.2) is 30.4 Å². The Morgan fingerprint density at radius 3 is 1.12 bits per heavy atom. The highest BCUT2D eigenvalue weighted by Crippen LogP contribution is 2.36. The molecular formula is C34H18F6N6S2. The summed E-state index contributed by atoms with van der Waals surface area (Å²) in [6.45, 7) is 0. The Kier molecular flexibility index (Phi) is 8.05. The van der Waals surface area contributed by atoms with E-state index < -0.39 is 23.5 Å². The Labute approximate surface area is 276 Å². The van der Waals surface area contributed by atoms with E-state index in [9.17, 15) is 26.3 Å². The lowest BCUT2D eigenvalue weighted by atomic mass is 10.1. The molecule has 4 heterocycles. The quantitative estimate of drug-likeness (QED) is 0.162. The van der Waals surface area contributed by atoms with Gasteiger partial charge in [-0.1, -0.05) is 77.3 Å². The van der Waals surface area contributed by atoms with E-state index in [0.29, 0.717) is 53.9 Å². The average molecular weight is 689 g/mol. The first-order valence-electron chi connectivity index (χ1n) is 14.1. The van der Waals surface area contributed by atoms with Crippen molar-refractivity contribution in [1.82, 2.24) is 30.4 Å². The molecule has 0 aliphatic carbocycles. The van der Waals surface area contributed by atoms with Crippen LogP contribution in [0.4, 0.5) is 26.3 Å². The highest BCUT2D eigenvalue weighted by molar-refractivity contribution is 7.18. The lowest BCUT2D eigenvalue weighted by Gasteiger charge is -2.07. The van der Waals surface area contributed by atoms with Gasteiger partial charge in [0.25, 0.3) is 0 Å². The summed E-state index contributed by atoms with van der Waals surface area (Å²) >= 11 is 2.64. The molecule has 0 amide bonds. The minimum Gasteiger partial charge on any atom is -0.245 e. The first-order chi connectivity index (χ1) is 23.0. The van der Waals surface area contributed by atoms with E-state index >= 15 is 0 Å². The number of halogens is 6. The summed E-state index contributed by atoms with van der Waals surface area (Å²) in [5.74, 6) is 0. The molecule has 0 fully saturated rings. The Morgan fingerprint density at radius 1 is 0.375 bits per heavy atom. The molecule has 0 radical (unpaired) electrons. The molecule has 48 heavy (non-hydrogen) atoms. The first-order valence-corrected chi connectivity index (χ1v) is 15.7. The summed E-state index contributed by atoms with van der Waals surface area (Å²) in [6, 6.07) is 27.7. The molecular weight excluding hydrogens is 671 g/mol. The van der Waals surface area contributed by atoms with Crippen molar-refractivity contribution in [3.05, 3.63) is 120 Å². The number of nitrogens with zero attached hydrogens (tertiary/aromatic N) is 6. The molecule has 0 aliphatic heterocycles. The fraction of sp³-hybridized carbons (Fsp3) is 0.0588. The van der Waals surface area contributed by atoms with Crippen LogP contribution in [0.2, 0.25) is 0 Å². The van der Waals surface area contributed by atoms with E-state index in [1.807, 2.05) is 24.3 Å². The van der Waals surface area contributed by atoms with Crippen molar-refractivity contribution in [2.75, 3.05) is 0 Å². The van der Waals surface area contributed by atoms with Gasteiger partial charge in [-0.15, -0.1) is 20.4 Å². The molecule has 0 saturated heterocycles. The molecule has 4 aromatic heterocycles. The second-order valence-corrected chi connectivity index (χ2v) is 12.3. The van der Waals surface area contributed by atoms with Crippen molar-refractivity contribution in [2.45, 2.75) is 12.4 Å². The van der Waals surface area contributed by atoms with Crippen LogP contribution in [0.5, 0.6) is 0 Å². The number of hydrogen-bond acceptors (Lipinski definition) is 8. The summed E-state index contributed by atoms with van der Waals surface area (Å²) in [4.78, 5) is 9.21. The molecule has 7 aromatic rings. The fourth-order valence-electron chi connectivity index (χ4n) is 4.76. The average Bonchev–Trinajstić information content (AvgIpc) is 3.80. The Morgan fingerprint density at radius 2 is 0.729 bits per heavy atom. The topological polar surface area (TPSA) is 77.3 Å². The van der Waals surface area contributed by atoms with Gasteiger partial charge in [0.2, 0.25) is 0 Å². The molecule has 7 rings (SSSR count). The maximum atomic E-state index is 13.0. The smallest absolute Gasteiger partial charge is 0.245 e. The van der Waals surface area contributed by atoms with E-state index in [2.05, 4.69) is 30.4 Å². The molecule has 0 bridgehead atoms. The highest BCUT2D eigenvalue weighted by atomic mass is 32.1. The third-order valence-corrected chi connectivity index (χ3v) is 9.15. The first kappa shape index (κ1) is 31.3. The second kappa shape index (κ2) is 12.4. The maximum absolute atomic E-state index is 13.0. The van der Waals surface area contributed by atoms with Gasteiger partial charge in [-0.05, 0) is 54.6 Å². The Hall–Kier alpha value is -5.34. The molecule has 3 aromatic carbocycles. The van der Waals surface area contributed by atoms with E-state index in [-0.39, 0.29) is 0 Å². The van der Waals surface area contributed by atoms with Crippen molar-refractivity contribution >= 4 is 22.7 Å². The predicted molar refractivity (Wildman–Crippen MR) is 172 cm³/mol. The van der Waals surface area contributed by atoms with Gasteiger partial charge in [0, 0.05) is 22.3 Å². The van der Waals surface area contributed by atoms with Gasteiger partial charge in [-0.25, -0.2) is 9.97 Å². The second-order valence-electron chi connectivity index (χ2n) is 10.4. The third kappa shape index (κ3) is 6.57. The highest BCUT2D eigenvalue weighted by Gasteiger charge is 2.31. The lowest BCUT2D eigenvalue weighted by molar-refractivity contribution is -0.138. The third-order valence-electron chi connectivity index (χ3n) is 7.16. The van der Waals surface area contributed by atoms with Crippen LogP contribution < -0.4 is 0 Å². The van der Waals surface area contributed by atoms with E-state index in [1.54, 1.807) is 36.4 Å². The Balaban J connectivity index is 1.10. The van der Waals surface area contributed by atoms with Gasteiger partial charge in [0.05, 0.1) is 22.5 Å². The minimum atomic E-state index is -4.42. The van der Waals surface area contributed by atoms with Gasteiger partial charge in [-0.3, -0.25) is 0 Å². The SMILES string of the molecule is FC(F)(F)c1ccc(-c2cccc(-c3nnc(-c4cccc(-c5nnc(-c6cccc(-c7ccc(C(F)(F)F)cc7)n6)s5)c4)s3)n2)cc1. The monoisotopic (exact) mass is 688 g/mol. The molecule has 14 heteroatoms. The minimum absolute atomic E-state index is 0.506. The van der Waals surface area contributed by atoms with E-state index in [1.165, 1.54) is 46.9 Å². The normalized spacial score (nSPS) is 12.0. The standard InChI is InChI=1S/C34H18F6N6S2/c35-33(36,37)23-14-10-19(11-15-23)25-6-2-8-27(41-25)31-45-43-29(47-31)21-4-1-5-22(18-21)30-44-46-32(48-30)28-9-3-7-26(42-28)20-12-16-24(17-13-20)34(38,39)40/h1-18H. The largest absolute Gasteiger partial charge is 0.416 e. The summed E-state index contributed by atoms with van der Waals surface area (Å²) in [5, 5.41) is 19.7. The van der Waals surface area contributed by atoms with Crippen LogP contribution in [0.25, 0.3) is 65.1 Å². The molecule has 0 atom stereocenters. The summed E-state index contributed by atoms with van der Waals surface area (Å²) in [5.41, 5.74) is 3.28. The Bertz CT molecular complexity index is 2070. The van der Waals surface area contributed by atoms with E-state index in [4.69, 9.17) is 0 Å². The van der Waals surface area contributed by atoms with Gasteiger partial charge in [0.1, 0.15) is 21.4 Å². The zero-order valence-electron chi connectivity index (χ0n) is 24.2. The van der Waals surface area contributed by atoms with Crippen molar-refractivity contribution in [2.24, 2.45) is 0 Å². The number of hydrogen-bond donors (Lipinski definition) is 0. The van der Waals surface area contributed by atoms with Crippen LogP contribution in [0.15, 0.2) is 109 Å². The molecule has 0 spiro atoms. The van der Waals surface area contributed by atoms with Crippen molar-refractivity contribution in [3.8, 4) is 65.1 Å². The van der Waals surface area contributed by atoms with E-state index in [0.717, 1.165) is 35.4 Å². The van der Waals surface area contributed by atoms with Gasteiger partial charge >= 0.3 is 12.4 Å². The number of rotatable bonds is 6. The number of aromatic nitrogens is 6. The van der Waals surface area contributed by atoms with Gasteiger partial charge in [0.15, 0.2) is 10.0 Å². The molecule has 0 saturated carbocycles. The summed E-state index contributed by atoms with van der Waals surface area (Å²) in [6.07, 6.45) is -8.84. The number of pyridine rings is 2. The van der Waals surface area contributed by atoms with Crippen molar-refractivity contribution in [3.63, 3.8) is 0 Å². The lowest BCUT2D eigenvalue weighted by Crippen LogP contribution is -2.04. The molecule has 0 aliphatic rings. The predicted octanol–water partition coefficient (Wildman–Crippen LogP) is 10.2. The molecule has 0 unspecified atom stereocenters. The molecule has 0 N–H and O–H groups in total. The van der Waals surface area contributed by atoms with Crippen LogP contribution in [0, 0.1) is 0 Å². The molecule has 6 nitrogen and oxygen atoms in total. The van der Waals surface area contributed by atoms with Crippen LogP contribution in [0.1, 0.15) is 11.1 Å². The summed E-state index contributed by atoms with van der Waals surface area (Å²) < 4.78 is 77.9. The maximum Gasteiger partial charge on any atom is 0.416 e. The van der Waals surface area contributed by atoms with Crippen molar-refractivity contribution in [1.29, 1.82) is 0 Å². The zero-order chi connectivity index (χ0) is 33.5. The van der Waals surface area contributed by atoms with Crippen molar-refractivity contribution < 1.29 is 26.3 Å². The van der Waals surface area contributed by atoms with Gasteiger partial charge < -0.3 is 0 Å². The number of benzene rings is 3. The fourth-order valence-corrected chi connectivity index (χ4v) is 6.38. The molecule has 238 valence electrons. The van der Waals surface area contributed by atoms with Crippen LogP contribution in [0.3, 0.4) is 0 Å². The van der Waals surface area contributed by atoms with Crippen LogP contribution in [-0.2, 0) is 12.4 Å².